The van der Waals surface area contributed by atoms with Crippen molar-refractivity contribution in [2.24, 2.45) is 5.92 Å². The van der Waals surface area contributed by atoms with Gasteiger partial charge < -0.3 is 4.90 Å². The van der Waals surface area contributed by atoms with E-state index in [2.05, 4.69) is 16.2 Å². The maximum atomic E-state index is 12.6. The molecular formula is C18H25N3O3S. The highest BCUT2D eigenvalue weighted by atomic mass is 32.2. The molecule has 25 heavy (non-hydrogen) atoms. The van der Waals surface area contributed by atoms with Crippen molar-refractivity contribution in [3.8, 4) is 0 Å². The second-order valence-corrected chi connectivity index (χ2v) is 8.47. The van der Waals surface area contributed by atoms with Gasteiger partial charge in [0.25, 0.3) is 5.91 Å². The van der Waals surface area contributed by atoms with Gasteiger partial charge in [-0.3, -0.25) is 9.69 Å². The maximum absolute atomic E-state index is 12.6. The molecule has 0 unspecified atom stereocenters. The molecule has 136 valence electrons. The standard InChI is InChI=1S/C18H25N3O3S/c1-2-9-19-25(23,24)17-7-5-16(6-8-17)18(22)21-12-10-20(11-13-21)14-15-3-4-15/h2,5-8,15,19H,1,3-4,9-14H2. The normalized spacial score (nSPS) is 19.0. The van der Waals surface area contributed by atoms with Crippen LogP contribution in [0.2, 0.25) is 0 Å². The fourth-order valence-corrected chi connectivity index (χ4v) is 4.01. The first-order chi connectivity index (χ1) is 12.0. The molecule has 7 heteroatoms. The van der Waals surface area contributed by atoms with Crippen molar-refractivity contribution in [1.82, 2.24) is 14.5 Å². The van der Waals surface area contributed by atoms with Crippen molar-refractivity contribution >= 4 is 15.9 Å². The molecule has 0 aromatic heterocycles. The smallest absolute Gasteiger partial charge is 0.253 e. The van der Waals surface area contributed by atoms with Crippen molar-refractivity contribution in [3.63, 3.8) is 0 Å². The van der Waals surface area contributed by atoms with E-state index >= 15 is 0 Å². The molecular weight excluding hydrogens is 338 g/mol. The number of nitrogens with zero attached hydrogens (tertiary/aromatic N) is 2. The molecule has 0 spiro atoms. The van der Waals surface area contributed by atoms with Gasteiger partial charge in [-0.25, -0.2) is 13.1 Å². The van der Waals surface area contributed by atoms with Crippen LogP contribution >= 0.6 is 0 Å². The topological polar surface area (TPSA) is 69.7 Å². The Labute approximate surface area is 149 Å². The predicted molar refractivity (Wildman–Crippen MR) is 96.9 cm³/mol. The number of carbonyl (C=O) groups excluding carboxylic acids is 1. The van der Waals surface area contributed by atoms with Crippen molar-refractivity contribution < 1.29 is 13.2 Å². The Balaban J connectivity index is 1.58. The lowest BCUT2D eigenvalue weighted by Gasteiger charge is -2.34. The summed E-state index contributed by atoms with van der Waals surface area (Å²) < 4.78 is 26.5. The van der Waals surface area contributed by atoms with Crippen LogP contribution in [-0.2, 0) is 10.0 Å². The number of piperazine rings is 1. The third kappa shape index (κ3) is 4.68. The van der Waals surface area contributed by atoms with Crippen molar-refractivity contribution in [2.45, 2.75) is 17.7 Å². The Morgan fingerprint density at radius 1 is 1.16 bits per heavy atom. The zero-order valence-corrected chi connectivity index (χ0v) is 15.2. The molecule has 0 radical (unpaired) electrons. The zero-order valence-electron chi connectivity index (χ0n) is 14.4. The Bertz CT molecular complexity index is 718. The fraction of sp³-hybridized carbons (Fsp3) is 0.500. The second-order valence-electron chi connectivity index (χ2n) is 6.70. The van der Waals surface area contributed by atoms with E-state index in [0.29, 0.717) is 5.56 Å². The molecule has 1 aliphatic heterocycles. The molecule has 1 saturated carbocycles. The van der Waals surface area contributed by atoms with Crippen LogP contribution in [0.25, 0.3) is 0 Å². The molecule has 1 saturated heterocycles. The molecule has 1 aromatic carbocycles. The summed E-state index contributed by atoms with van der Waals surface area (Å²) in [5.41, 5.74) is 0.526. The molecule has 0 atom stereocenters. The number of rotatable bonds is 7. The molecule has 0 bridgehead atoms. The highest BCUT2D eigenvalue weighted by molar-refractivity contribution is 7.89. The Hall–Kier alpha value is -1.70. The lowest BCUT2D eigenvalue weighted by atomic mass is 10.2. The molecule has 2 aliphatic rings. The molecule has 1 aromatic rings. The SMILES string of the molecule is C=CCNS(=O)(=O)c1ccc(C(=O)N2CCN(CC3CC3)CC2)cc1. The summed E-state index contributed by atoms with van der Waals surface area (Å²) in [6, 6.07) is 6.12. The van der Waals surface area contributed by atoms with E-state index in [1.54, 1.807) is 12.1 Å². The van der Waals surface area contributed by atoms with E-state index in [9.17, 15) is 13.2 Å². The lowest BCUT2D eigenvalue weighted by Crippen LogP contribution is -2.49. The first-order valence-electron chi connectivity index (χ1n) is 8.72. The van der Waals surface area contributed by atoms with Crippen LogP contribution in [0.4, 0.5) is 0 Å². The number of carbonyl (C=O) groups is 1. The minimum absolute atomic E-state index is 0.0333. The number of hydrogen-bond acceptors (Lipinski definition) is 4. The molecule has 6 nitrogen and oxygen atoms in total. The minimum Gasteiger partial charge on any atom is -0.336 e. The number of sulfonamides is 1. The number of amides is 1. The van der Waals surface area contributed by atoms with Crippen LogP contribution in [-0.4, -0.2) is 63.4 Å². The summed E-state index contributed by atoms with van der Waals surface area (Å²) in [6.07, 6.45) is 4.17. The first-order valence-corrected chi connectivity index (χ1v) is 10.2. The monoisotopic (exact) mass is 363 g/mol. The highest BCUT2D eigenvalue weighted by Gasteiger charge is 2.28. The van der Waals surface area contributed by atoms with E-state index in [4.69, 9.17) is 0 Å². The van der Waals surface area contributed by atoms with Crippen LogP contribution in [0.5, 0.6) is 0 Å². The van der Waals surface area contributed by atoms with Gasteiger partial charge in [0.1, 0.15) is 0 Å². The van der Waals surface area contributed by atoms with E-state index < -0.39 is 10.0 Å². The minimum atomic E-state index is -3.56. The van der Waals surface area contributed by atoms with E-state index in [-0.39, 0.29) is 17.3 Å². The molecule has 3 rings (SSSR count). The third-order valence-electron chi connectivity index (χ3n) is 4.70. The molecule has 2 fully saturated rings. The largest absolute Gasteiger partial charge is 0.336 e. The summed E-state index contributed by atoms with van der Waals surface area (Å²) >= 11 is 0. The Kier molecular flexibility index (Phi) is 5.56. The summed E-state index contributed by atoms with van der Waals surface area (Å²) in [6.45, 7) is 8.12. The summed E-state index contributed by atoms with van der Waals surface area (Å²) in [5, 5.41) is 0. The van der Waals surface area contributed by atoms with Crippen LogP contribution in [0, 0.1) is 5.92 Å². The van der Waals surface area contributed by atoms with Crippen LogP contribution in [0.1, 0.15) is 23.2 Å². The van der Waals surface area contributed by atoms with Crippen LogP contribution < -0.4 is 4.72 Å². The second kappa shape index (κ2) is 7.68. The van der Waals surface area contributed by atoms with Gasteiger partial charge in [-0.1, -0.05) is 6.08 Å². The third-order valence-corrected chi connectivity index (χ3v) is 6.14. The van der Waals surface area contributed by atoms with E-state index in [0.717, 1.165) is 38.6 Å². The molecule has 1 N–H and O–H groups in total. The summed E-state index contributed by atoms with van der Waals surface area (Å²) in [5.74, 6) is 0.834. The van der Waals surface area contributed by atoms with Gasteiger partial charge >= 0.3 is 0 Å². The zero-order chi connectivity index (χ0) is 17.9. The van der Waals surface area contributed by atoms with Crippen LogP contribution in [0.3, 0.4) is 0 Å². The molecule has 1 heterocycles. The van der Waals surface area contributed by atoms with Gasteiger partial charge in [-0.2, -0.15) is 0 Å². The van der Waals surface area contributed by atoms with Crippen molar-refractivity contribution in [1.29, 1.82) is 0 Å². The molecule has 1 amide bonds. The number of nitrogens with one attached hydrogen (secondary N) is 1. The average Bonchev–Trinajstić information content (AvgIpc) is 3.44. The van der Waals surface area contributed by atoms with Gasteiger partial charge in [0.15, 0.2) is 0 Å². The van der Waals surface area contributed by atoms with E-state index in [1.807, 2.05) is 4.90 Å². The van der Waals surface area contributed by atoms with Crippen molar-refractivity contribution in [3.05, 3.63) is 42.5 Å². The highest BCUT2D eigenvalue weighted by Crippen LogP contribution is 2.30. The molecule has 1 aliphatic carbocycles. The van der Waals surface area contributed by atoms with Gasteiger partial charge in [0.2, 0.25) is 10.0 Å². The van der Waals surface area contributed by atoms with Crippen LogP contribution in [0.15, 0.2) is 41.8 Å². The van der Waals surface area contributed by atoms with Gasteiger partial charge in [0.05, 0.1) is 4.90 Å². The lowest BCUT2D eigenvalue weighted by molar-refractivity contribution is 0.0632. The fourth-order valence-electron chi connectivity index (χ4n) is 3.01. The van der Waals surface area contributed by atoms with Crippen molar-refractivity contribution in [2.75, 3.05) is 39.3 Å². The predicted octanol–water partition coefficient (Wildman–Crippen LogP) is 1.32. The Morgan fingerprint density at radius 3 is 2.36 bits per heavy atom. The van der Waals surface area contributed by atoms with Gasteiger partial charge in [-0.05, 0) is 43.0 Å². The maximum Gasteiger partial charge on any atom is 0.253 e. The van der Waals surface area contributed by atoms with E-state index in [1.165, 1.54) is 31.1 Å². The Morgan fingerprint density at radius 2 is 1.80 bits per heavy atom. The number of hydrogen-bond donors (Lipinski definition) is 1. The summed E-state index contributed by atoms with van der Waals surface area (Å²) in [7, 11) is -3.56. The quantitative estimate of drug-likeness (QED) is 0.742. The summed E-state index contributed by atoms with van der Waals surface area (Å²) in [4.78, 5) is 17.0. The average molecular weight is 363 g/mol. The van der Waals surface area contributed by atoms with Gasteiger partial charge in [0, 0.05) is 44.8 Å². The van der Waals surface area contributed by atoms with Gasteiger partial charge in [-0.15, -0.1) is 6.58 Å². The first kappa shape index (κ1) is 18.1. The number of benzene rings is 1.